The van der Waals surface area contributed by atoms with Crippen molar-refractivity contribution >= 4 is 47.0 Å². The molecule has 0 spiro atoms. The number of nitrogens with zero attached hydrogens (tertiary/aromatic N) is 6. The maximum atomic E-state index is 13.3. The van der Waals surface area contributed by atoms with Crippen LogP contribution in [0.1, 0.15) is 64.2 Å². The lowest BCUT2D eigenvalue weighted by molar-refractivity contribution is -0.138. The van der Waals surface area contributed by atoms with Gasteiger partial charge in [0.2, 0.25) is 11.8 Å². The number of carbonyl (C=O) groups is 5. The van der Waals surface area contributed by atoms with Crippen LogP contribution in [0.25, 0.3) is 6.08 Å². The number of aromatic nitrogens is 3. The topological polar surface area (TPSA) is 170 Å². The second-order valence-corrected chi connectivity index (χ2v) is 12.2. The van der Waals surface area contributed by atoms with E-state index in [0.29, 0.717) is 24.7 Å². The average molecular weight is 661 g/mol. The van der Waals surface area contributed by atoms with E-state index in [-0.39, 0.29) is 35.6 Å². The van der Waals surface area contributed by atoms with E-state index in [2.05, 4.69) is 20.7 Å². The quantitative estimate of drug-likeness (QED) is 0.362. The Kier molecular flexibility index (Phi) is 7.86. The summed E-state index contributed by atoms with van der Waals surface area (Å²) >= 11 is 0. The average Bonchev–Trinajstić information content (AvgIpc) is 3.59. The van der Waals surface area contributed by atoms with Crippen molar-refractivity contribution in [2.24, 2.45) is 5.92 Å². The van der Waals surface area contributed by atoms with Crippen molar-refractivity contribution in [2.75, 3.05) is 23.3 Å². The molecule has 2 fully saturated rings. The molecule has 16 heteroatoms. The molecule has 3 aromatic rings. The predicted octanol–water partition coefficient (Wildman–Crippen LogP) is 3.09. The van der Waals surface area contributed by atoms with Crippen LogP contribution in [0.4, 0.5) is 24.5 Å². The second-order valence-electron chi connectivity index (χ2n) is 12.2. The first kappa shape index (κ1) is 32.1. The monoisotopic (exact) mass is 660 g/mol. The molecule has 1 atom stereocenters. The number of hydrogen-bond acceptors (Lipinski definition) is 9. The van der Waals surface area contributed by atoms with Gasteiger partial charge >= 0.3 is 6.18 Å². The van der Waals surface area contributed by atoms with Gasteiger partial charge in [0.25, 0.3) is 17.7 Å². The Morgan fingerprint density at radius 2 is 1.81 bits per heavy atom. The lowest BCUT2D eigenvalue weighted by Gasteiger charge is -2.39. The summed E-state index contributed by atoms with van der Waals surface area (Å²) in [6.07, 6.45) is 3.26. The third-order valence-electron chi connectivity index (χ3n) is 8.55. The molecule has 5 amide bonds. The summed E-state index contributed by atoms with van der Waals surface area (Å²) in [5, 5.41) is 17.8. The zero-order valence-electron chi connectivity index (χ0n) is 25.5. The highest BCUT2D eigenvalue weighted by atomic mass is 19.4. The third-order valence-corrected chi connectivity index (χ3v) is 8.55. The number of anilines is 2. The number of nitrogens with one attached hydrogen (secondary N) is 2. The zero-order chi connectivity index (χ0) is 34.5. The predicted molar refractivity (Wildman–Crippen MR) is 162 cm³/mol. The van der Waals surface area contributed by atoms with Crippen LogP contribution in [0.15, 0.2) is 48.9 Å². The molecule has 2 aromatic heterocycles. The zero-order valence-corrected chi connectivity index (χ0v) is 25.5. The van der Waals surface area contributed by atoms with Crippen molar-refractivity contribution in [3.8, 4) is 6.07 Å². The molecular weight excluding hydrogens is 633 g/mol. The Morgan fingerprint density at radius 1 is 1.08 bits per heavy atom. The number of rotatable bonds is 7. The van der Waals surface area contributed by atoms with E-state index < -0.39 is 58.6 Å². The number of amides is 5. The van der Waals surface area contributed by atoms with E-state index in [4.69, 9.17) is 5.26 Å². The molecule has 3 aliphatic heterocycles. The van der Waals surface area contributed by atoms with Crippen LogP contribution in [-0.4, -0.2) is 68.3 Å². The minimum Gasteiger partial charge on any atom is -0.370 e. The van der Waals surface area contributed by atoms with Gasteiger partial charge < -0.3 is 10.2 Å². The summed E-state index contributed by atoms with van der Waals surface area (Å²) in [5.74, 6) is -2.75. The largest absolute Gasteiger partial charge is 0.419 e. The SMILES string of the molecule is CC(C)(C(=O)Nc1cnc(C#N)c(C(F)(F)F)c1)n1cc(/C=C/C2CN(c3ccc4c(c3)C(=O)N(C3CCC(=O)NC3=O)C4=O)C2)cn1. The number of carbonyl (C=O) groups excluding carboxylic acids is 5. The fourth-order valence-corrected chi connectivity index (χ4v) is 5.70. The molecule has 6 rings (SSSR count). The van der Waals surface area contributed by atoms with E-state index in [0.717, 1.165) is 16.8 Å². The van der Waals surface area contributed by atoms with Crippen molar-refractivity contribution in [2.45, 2.75) is 44.4 Å². The summed E-state index contributed by atoms with van der Waals surface area (Å²) < 4.78 is 41.3. The number of halogens is 3. The lowest BCUT2D eigenvalue weighted by Crippen LogP contribution is -2.54. The second kappa shape index (κ2) is 11.7. The Labute approximate surface area is 271 Å². The van der Waals surface area contributed by atoms with Crippen LogP contribution in [0.2, 0.25) is 0 Å². The molecule has 0 bridgehead atoms. The van der Waals surface area contributed by atoms with E-state index in [1.54, 1.807) is 44.4 Å². The van der Waals surface area contributed by atoms with Crippen LogP contribution in [0, 0.1) is 17.2 Å². The van der Waals surface area contributed by atoms with Gasteiger partial charge in [-0.2, -0.15) is 23.5 Å². The van der Waals surface area contributed by atoms with Gasteiger partial charge in [-0.3, -0.25) is 38.9 Å². The molecule has 2 N–H and O–H groups in total. The number of nitriles is 1. The molecule has 3 aliphatic rings. The number of benzene rings is 1. The minimum absolute atomic E-state index is 0.0402. The molecule has 246 valence electrons. The fraction of sp³-hybridized carbons (Fsp3) is 0.312. The number of alkyl halides is 3. The number of imide groups is 2. The van der Waals surface area contributed by atoms with Crippen molar-refractivity contribution in [3.63, 3.8) is 0 Å². The van der Waals surface area contributed by atoms with Crippen LogP contribution in [0.5, 0.6) is 0 Å². The lowest BCUT2D eigenvalue weighted by atomic mass is 9.97. The molecule has 0 radical (unpaired) electrons. The Morgan fingerprint density at radius 3 is 2.50 bits per heavy atom. The normalized spacial score (nSPS) is 18.5. The van der Waals surface area contributed by atoms with Crippen molar-refractivity contribution in [3.05, 3.63) is 76.9 Å². The van der Waals surface area contributed by atoms with Crippen LogP contribution < -0.4 is 15.5 Å². The highest BCUT2D eigenvalue weighted by Crippen LogP contribution is 2.34. The third kappa shape index (κ3) is 5.78. The summed E-state index contributed by atoms with van der Waals surface area (Å²) in [7, 11) is 0. The van der Waals surface area contributed by atoms with E-state index in [1.807, 2.05) is 17.1 Å². The maximum absolute atomic E-state index is 13.3. The molecule has 5 heterocycles. The summed E-state index contributed by atoms with van der Waals surface area (Å²) in [6, 6.07) is 5.97. The van der Waals surface area contributed by atoms with Gasteiger partial charge in [0.1, 0.15) is 17.6 Å². The molecule has 0 aliphatic carbocycles. The van der Waals surface area contributed by atoms with Gasteiger partial charge in [0, 0.05) is 42.9 Å². The summed E-state index contributed by atoms with van der Waals surface area (Å²) in [6.45, 7) is 4.34. The number of hydrogen-bond donors (Lipinski definition) is 2. The summed E-state index contributed by atoms with van der Waals surface area (Å²) in [5.41, 5.74) is -1.73. The van der Waals surface area contributed by atoms with Crippen molar-refractivity contribution in [1.29, 1.82) is 5.26 Å². The number of fused-ring (bicyclic) bond motifs is 1. The fourth-order valence-electron chi connectivity index (χ4n) is 5.70. The van der Waals surface area contributed by atoms with Crippen molar-refractivity contribution in [1.82, 2.24) is 25.0 Å². The first-order valence-corrected chi connectivity index (χ1v) is 14.8. The van der Waals surface area contributed by atoms with Gasteiger partial charge in [-0.25, -0.2) is 4.98 Å². The van der Waals surface area contributed by atoms with Crippen LogP contribution >= 0.6 is 0 Å². The first-order valence-electron chi connectivity index (χ1n) is 14.8. The number of pyridine rings is 1. The highest BCUT2D eigenvalue weighted by Gasteiger charge is 2.45. The molecule has 1 aromatic carbocycles. The Hall–Kier alpha value is -5.85. The van der Waals surface area contributed by atoms with Crippen molar-refractivity contribution < 1.29 is 37.1 Å². The van der Waals surface area contributed by atoms with Crippen LogP contribution in [-0.2, 0) is 26.1 Å². The number of piperidine rings is 1. The van der Waals surface area contributed by atoms with Gasteiger partial charge in [-0.05, 0) is 44.5 Å². The van der Waals surface area contributed by atoms with E-state index >= 15 is 0 Å². The van der Waals surface area contributed by atoms with Gasteiger partial charge in [-0.1, -0.05) is 12.2 Å². The molecule has 2 saturated heterocycles. The molecule has 48 heavy (non-hydrogen) atoms. The standard InChI is InChI=1S/C32H27F3N8O5/c1-31(2,30(48)39-19-9-23(32(33,34)35)24(11-36)37-13-19)42-16-17(12-38-42)3-4-18-14-41(15-18)20-5-6-21-22(10-20)29(47)43(28(21)46)25-7-8-26(44)40-27(25)45/h3-6,9-10,12-13,16,18,25H,7-8,14-15H2,1-2H3,(H,39,48)(H,40,44,45)/b4-3+. The molecule has 0 saturated carbocycles. The van der Waals surface area contributed by atoms with Crippen LogP contribution in [0.3, 0.4) is 0 Å². The Bertz CT molecular complexity index is 1950. The van der Waals surface area contributed by atoms with Gasteiger partial charge in [0.15, 0.2) is 5.69 Å². The Balaban J connectivity index is 1.06. The first-order chi connectivity index (χ1) is 22.7. The highest BCUT2D eigenvalue weighted by molar-refractivity contribution is 6.23. The van der Waals surface area contributed by atoms with E-state index in [1.165, 1.54) is 10.8 Å². The van der Waals surface area contributed by atoms with Gasteiger partial charge in [-0.15, -0.1) is 0 Å². The molecule has 1 unspecified atom stereocenters. The summed E-state index contributed by atoms with van der Waals surface area (Å²) in [4.78, 5) is 69.4. The molecule has 13 nitrogen and oxygen atoms in total. The molecular formula is C32H27F3N8O5. The maximum Gasteiger partial charge on any atom is 0.419 e. The van der Waals surface area contributed by atoms with Gasteiger partial charge in [0.05, 0.1) is 34.8 Å². The van der Waals surface area contributed by atoms with E-state index in [9.17, 15) is 37.1 Å². The smallest absolute Gasteiger partial charge is 0.370 e. The minimum atomic E-state index is -4.82.